The molecule has 0 bridgehead atoms. The van der Waals surface area contributed by atoms with E-state index in [2.05, 4.69) is 194 Å². The van der Waals surface area contributed by atoms with Crippen LogP contribution in [0.1, 0.15) is 33.4 Å². The average Bonchev–Trinajstić information content (AvgIpc) is 3.16. The summed E-state index contributed by atoms with van der Waals surface area (Å²) in [6, 6.07) is 57.1. The van der Waals surface area contributed by atoms with Gasteiger partial charge in [-0.1, -0.05) is 181 Å². The Labute approximate surface area is 306 Å². The first-order valence-corrected chi connectivity index (χ1v) is 25.0. The van der Waals surface area contributed by atoms with Crippen LogP contribution in [0.5, 0.6) is 0 Å². The lowest BCUT2D eigenvalue weighted by Crippen LogP contribution is -2.73. The van der Waals surface area contributed by atoms with Crippen LogP contribution >= 0.6 is 0 Å². The van der Waals surface area contributed by atoms with E-state index < -0.39 is 25.2 Å². The highest BCUT2D eigenvalue weighted by atomic mass is 28.5. The molecular formula is C46H44O2Si3. The molecule has 252 valence electrons. The standard InChI is InChI=1S/C46H44O2Si3/c1-49(43-15-7-3-8-16-43,33-31-37-23-25-39-27-29-41(39)35-37)47-51(45-19-11-5-12-20-45,46-21-13-6-14-22-46)48-50(2,44-17-9-4-10-18-44)34-32-38-24-26-40-28-30-42(40)36-38/h3-26,31-36H,27-30H2,1-2H3/b33-31+,34-32+. The van der Waals surface area contributed by atoms with Crippen molar-refractivity contribution in [3.63, 3.8) is 0 Å². The maximum absolute atomic E-state index is 8.06. The maximum Gasteiger partial charge on any atom is 0.387 e. The minimum atomic E-state index is -3.46. The molecule has 8 rings (SSSR count). The molecule has 0 heterocycles. The molecule has 0 fully saturated rings. The second-order valence-electron chi connectivity index (χ2n) is 14.2. The third kappa shape index (κ3) is 6.88. The van der Waals surface area contributed by atoms with Crippen LogP contribution in [0.4, 0.5) is 0 Å². The number of fused-ring (bicyclic) bond motifs is 2. The van der Waals surface area contributed by atoms with Crippen LogP contribution < -0.4 is 20.7 Å². The van der Waals surface area contributed by atoms with Crippen LogP contribution in [0.25, 0.3) is 12.2 Å². The number of hydrogen-bond donors (Lipinski definition) is 0. The van der Waals surface area contributed by atoms with Crippen LogP contribution in [0.3, 0.4) is 0 Å². The van der Waals surface area contributed by atoms with Gasteiger partial charge in [0.1, 0.15) is 0 Å². The van der Waals surface area contributed by atoms with Crippen LogP contribution in [0.2, 0.25) is 13.1 Å². The summed E-state index contributed by atoms with van der Waals surface area (Å²) in [4.78, 5) is 0. The Balaban J connectivity index is 1.31. The van der Waals surface area contributed by atoms with Gasteiger partial charge in [0.25, 0.3) is 0 Å². The normalized spacial score (nSPS) is 16.0. The van der Waals surface area contributed by atoms with E-state index in [1.165, 1.54) is 56.6 Å². The van der Waals surface area contributed by atoms with E-state index >= 15 is 0 Å². The Kier molecular flexibility index (Phi) is 9.32. The van der Waals surface area contributed by atoms with E-state index in [1.807, 2.05) is 0 Å². The first-order valence-electron chi connectivity index (χ1n) is 18.2. The van der Waals surface area contributed by atoms with Gasteiger partial charge in [0, 0.05) is 0 Å². The highest BCUT2D eigenvalue weighted by Gasteiger charge is 2.52. The molecule has 0 N–H and O–H groups in total. The number of rotatable bonds is 12. The lowest BCUT2D eigenvalue weighted by Gasteiger charge is -2.43. The van der Waals surface area contributed by atoms with E-state index in [-0.39, 0.29) is 0 Å². The summed E-state index contributed by atoms with van der Waals surface area (Å²) < 4.78 is 16.1. The van der Waals surface area contributed by atoms with Crippen molar-refractivity contribution < 1.29 is 8.23 Å². The molecule has 0 radical (unpaired) electrons. The molecule has 2 unspecified atom stereocenters. The predicted molar refractivity (Wildman–Crippen MR) is 221 cm³/mol. The minimum absolute atomic E-state index is 1.12. The molecule has 51 heavy (non-hydrogen) atoms. The van der Waals surface area contributed by atoms with Gasteiger partial charge < -0.3 is 8.23 Å². The van der Waals surface area contributed by atoms with Crippen molar-refractivity contribution in [1.82, 2.24) is 0 Å². The van der Waals surface area contributed by atoms with Crippen LogP contribution in [0.15, 0.2) is 169 Å². The molecule has 0 amide bonds. The van der Waals surface area contributed by atoms with E-state index in [0.29, 0.717) is 0 Å². The zero-order valence-corrected chi connectivity index (χ0v) is 32.5. The Morgan fingerprint density at radius 1 is 0.392 bits per heavy atom. The van der Waals surface area contributed by atoms with Crippen molar-refractivity contribution in [3.05, 3.63) is 203 Å². The van der Waals surface area contributed by atoms with Gasteiger partial charge in [0.15, 0.2) is 0 Å². The molecule has 2 nitrogen and oxygen atoms in total. The minimum Gasteiger partial charge on any atom is -0.422 e. The molecule has 2 aliphatic carbocycles. The van der Waals surface area contributed by atoms with E-state index in [9.17, 15) is 0 Å². The maximum atomic E-state index is 8.06. The number of hydrogen-bond acceptors (Lipinski definition) is 2. The fraction of sp³-hybridized carbons (Fsp3) is 0.130. The van der Waals surface area contributed by atoms with Crippen LogP contribution in [0, 0.1) is 0 Å². The monoisotopic (exact) mass is 712 g/mol. The topological polar surface area (TPSA) is 18.5 Å². The molecule has 6 aromatic carbocycles. The van der Waals surface area contributed by atoms with Gasteiger partial charge in [0.2, 0.25) is 16.6 Å². The number of aryl methyl sites for hydroxylation is 4. The van der Waals surface area contributed by atoms with Crippen molar-refractivity contribution >= 4 is 58.1 Å². The lowest BCUT2D eigenvalue weighted by molar-refractivity contribution is 0.424. The molecule has 5 heteroatoms. The summed E-state index contributed by atoms with van der Waals surface area (Å²) in [6.45, 7) is 4.69. The van der Waals surface area contributed by atoms with Gasteiger partial charge in [-0.15, -0.1) is 0 Å². The second-order valence-corrected chi connectivity index (χ2v) is 24.5. The van der Waals surface area contributed by atoms with Gasteiger partial charge in [0.05, 0.1) is 0 Å². The van der Waals surface area contributed by atoms with Crippen molar-refractivity contribution in [3.8, 4) is 0 Å². The molecule has 0 spiro atoms. The van der Waals surface area contributed by atoms with Crippen LogP contribution in [-0.4, -0.2) is 25.2 Å². The van der Waals surface area contributed by atoms with Crippen molar-refractivity contribution in [1.29, 1.82) is 0 Å². The summed E-state index contributed by atoms with van der Waals surface area (Å²) in [5.41, 5.74) is 13.1. The Morgan fingerprint density at radius 3 is 1.04 bits per heavy atom. The SMILES string of the molecule is C[Si](/C=C/c1ccc2c(c1)CC2)(O[Si](O[Si](C)(/C=C/c1ccc2c(c1)CC2)c1ccccc1)(c1ccccc1)c1ccccc1)c1ccccc1. The molecule has 6 aromatic rings. The zero-order chi connectivity index (χ0) is 34.7. The van der Waals surface area contributed by atoms with Crippen LogP contribution in [-0.2, 0) is 33.9 Å². The molecular weight excluding hydrogens is 669 g/mol. The second kappa shape index (κ2) is 14.2. The first kappa shape index (κ1) is 33.5. The quantitative estimate of drug-likeness (QED) is 0.120. The fourth-order valence-electron chi connectivity index (χ4n) is 7.40. The average molecular weight is 713 g/mol. The van der Waals surface area contributed by atoms with E-state index in [4.69, 9.17) is 8.23 Å². The van der Waals surface area contributed by atoms with E-state index in [1.54, 1.807) is 0 Å². The van der Waals surface area contributed by atoms with Gasteiger partial charge in [-0.2, -0.15) is 0 Å². The molecule has 2 atom stereocenters. The molecule has 0 saturated heterocycles. The Bertz CT molecular complexity index is 2030. The summed E-state index contributed by atoms with van der Waals surface area (Å²) in [7, 11) is -9.18. The highest BCUT2D eigenvalue weighted by Crippen LogP contribution is 2.28. The highest BCUT2D eigenvalue weighted by molar-refractivity contribution is 7.08. The summed E-state index contributed by atoms with van der Waals surface area (Å²) in [5, 5.41) is 4.67. The van der Waals surface area contributed by atoms with Gasteiger partial charge >= 0.3 is 8.56 Å². The van der Waals surface area contributed by atoms with Gasteiger partial charge in [-0.05, 0) is 92.9 Å². The van der Waals surface area contributed by atoms with Gasteiger partial charge in [-0.25, -0.2) is 0 Å². The summed E-state index contributed by atoms with van der Waals surface area (Å²) in [6.07, 6.45) is 9.29. The summed E-state index contributed by atoms with van der Waals surface area (Å²) >= 11 is 0. The van der Waals surface area contributed by atoms with E-state index in [0.717, 1.165) is 23.2 Å². The fourth-order valence-corrected chi connectivity index (χ4v) is 20.8. The number of benzene rings is 6. The zero-order valence-electron chi connectivity index (χ0n) is 29.5. The third-order valence-electron chi connectivity index (χ3n) is 10.7. The molecule has 0 aromatic heterocycles. The predicted octanol–water partition coefficient (Wildman–Crippen LogP) is 7.94. The first-order chi connectivity index (χ1) is 24.9. The lowest BCUT2D eigenvalue weighted by atomic mass is 9.87. The molecule has 0 saturated carbocycles. The van der Waals surface area contributed by atoms with Gasteiger partial charge in [-0.3, -0.25) is 0 Å². The largest absolute Gasteiger partial charge is 0.422 e. The smallest absolute Gasteiger partial charge is 0.387 e. The van der Waals surface area contributed by atoms with Crippen molar-refractivity contribution in [2.24, 2.45) is 0 Å². The summed E-state index contributed by atoms with van der Waals surface area (Å²) in [5.74, 6) is 0. The molecule has 2 aliphatic rings. The van der Waals surface area contributed by atoms with Crippen molar-refractivity contribution in [2.75, 3.05) is 0 Å². The molecule has 0 aliphatic heterocycles. The van der Waals surface area contributed by atoms with Crippen molar-refractivity contribution in [2.45, 2.75) is 38.8 Å². The Hall–Kier alpha value is -4.63. The Morgan fingerprint density at radius 2 is 0.725 bits per heavy atom. The third-order valence-corrected chi connectivity index (χ3v) is 23.1.